The molecule has 34 heavy (non-hydrogen) atoms. The second-order valence-corrected chi connectivity index (χ2v) is 8.49. The number of H-pyrrole nitrogens is 1. The summed E-state index contributed by atoms with van der Waals surface area (Å²) in [5.74, 6) is 0. The van der Waals surface area contributed by atoms with Crippen molar-refractivity contribution in [2.45, 2.75) is 6.42 Å². The lowest BCUT2D eigenvalue weighted by molar-refractivity contribution is -0.384. The highest BCUT2D eigenvalue weighted by Crippen LogP contribution is 2.33. The van der Waals surface area contributed by atoms with Gasteiger partial charge in [-0.3, -0.25) is 14.9 Å². The first-order chi connectivity index (χ1) is 16.4. The van der Waals surface area contributed by atoms with Crippen LogP contribution in [0, 0.1) is 10.1 Å². The monoisotopic (exact) mass is 490 g/mol. The highest BCUT2D eigenvalue weighted by Gasteiger charge is 2.21. The molecule has 0 bridgehead atoms. The Kier molecular flexibility index (Phi) is 5.65. The van der Waals surface area contributed by atoms with Crippen molar-refractivity contribution >= 4 is 34.5 Å². The first-order valence-corrected chi connectivity index (χ1v) is 11.1. The number of nitrogens with zero attached hydrogens (tertiary/aromatic N) is 3. The molecule has 3 aromatic carbocycles. The van der Waals surface area contributed by atoms with Gasteiger partial charge >= 0.3 is 0 Å². The van der Waals surface area contributed by atoms with Crippen LogP contribution in [-0.2, 0) is 6.42 Å². The number of nitro groups is 1. The molecule has 0 saturated heterocycles. The van der Waals surface area contributed by atoms with Gasteiger partial charge in [-0.15, -0.1) is 0 Å². The SMILES string of the molecule is O=c1c(Cl)c(-c2ccc([N+](=O)[O-])cc2)[nH]c2c(-c3ccc(Cl)cc3)c(Cc3ccccc3)nn12. The van der Waals surface area contributed by atoms with Gasteiger partial charge in [-0.1, -0.05) is 65.7 Å². The zero-order chi connectivity index (χ0) is 23.8. The van der Waals surface area contributed by atoms with Crippen molar-refractivity contribution in [3.8, 4) is 22.4 Å². The molecule has 9 heteroatoms. The average molecular weight is 491 g/mol. The van der Waals surface area contributed by atoms with Gasteiger partial charge in [0.1, 0.15) is 10.7 Å². The van der Waals surface area contributed by atoms with E-state index >= 15 is 0 Å². The Morgan fingerprint density at radius 2 is 1.56 bits per heavy atom. The second-order valence-electron chi connectivity index (χ2n) is 7.67. The van der Waals surface area contributed by atoms with Crippen molar-refractivity contribution in [2.75, 3.05) is 0 Å². The summed E-state index contributed by atoms with van der Waals surface area (Å²) in [4.78, 5) is 27.0. The van der Waals surface area contributed by atoms with Crippen molar-refractivity contribution in [1.29, 1.82) is 0 Å². The summed E-state index contributed by atoms with van der Waals surface area (Å²) >= 11 is 12.5. The lowest BCUT2D eigenvalue weighted by Gasteiger charge is -2.08. The van der Waals surface area contributed by atoms with E-state index < -0.39 is 10.5 Å². The number of rotatable bonds is 5. The minimum atomic E-state index is -0.488. The Balaban J connectivity index is 1.75. The Morgan fingerprint density at radius 1 is 0.912 bits per heavy atom. The van der Waals surface area contributed by atoms with E-state index in [0.717, 1.165) is 16.7 Å². The van der Waals surface area contributed by atoms with Crippen LogP contribution in [0.15, 0.2) is 83.7 Å². The molecule has 5 rings (SSSR count). The molecule has 0 aliphatic heterocycles. The number of aromatic nitrogens is 3. The molecule has 5 aromatic rings. The first-order valence-electron chi connectivity index (χ1n) is 10.3. The quantitative estimate of drug-likeness (QED) is 0.235. The van der Waals surface area contributed by atoms with Crippen LogP contribution in [0.5, 0.6) is 0 Å². The number of hydrogen-bond acceptors (Lipinski definition) is 4. The van der Waals surface area contributed by atoms with Crippen molar-refractivity contribution in [3.05, 3.63) is 121 Å². The van der Waals surface area contributed by atoms with E-state index in [1.54, 1.807) is 24.3 Å². The molecule has 0 unspecified atom stereocenters. The summed E-state index contributed by atoms with van der Waals surface area (Å²) in [6, 6.07) is 22.9. The van der Waals surface area contributed by atoms with E-state index in [9.17, 15) is 14.9 Å². The minimum Gasteiger partial charge on any atom is -0.338 e. The summed E-state index contributed by atoms with van der Waals surface area (Å²) in [7, 11) is 0. The highest BCUT2D eigenvalue weighted by molar-refractivity contribution is 6.33. The Bertz CT molecular complexity index is 1580. The summed E-state index contributed by atoms with van der Waals surface area (Å²) in [5, 5.41) is 16.2. The summed E-state index contributed by atoms with van der Waals surface area (Å²) in [6.07, 6.45) is 0.498. The molecule has 0 radical (unpaired) electrons. The predicted molar refractivity (Wildman–Crippen MR) is 133 cm³/mol. The van der Waals surface area contributed by atoms with Crippen LogP contribution in [0.2, 0.25) is 10.0 Å². The van der Waals surface area contributed by atoms with Crippen molar-refractivity contribution < 1.29 is 4.92 Å². The van der Waals surface area contributed by atoms with Crippen molar-refractivity contribution in [1.82, 2.24) is 14.6 Å². The maximum atomic E-state index is 13.2. The van der Waals surface area contributed by atoms with Gasteiger partial charge in [0.15, 0.2) is 0 Å². The standard InChI is InChI=1S/C25H16Cl2N4O3/c26-18-10-6-16(7-11-18)21-20(14-15-4-2-1-3-5-15)29-30-24(21)28-23(22(27)25(30)32)17-8-12-19(13-9-17)31(33)34/h1-13,28H,14H2. The van der Waals surface area contributed by atoms with Crippen LogP contribution >= 0.6 is 23.2 Å². The third-order valence-electron chi connectivity index (χ3n) is 5.52. The molecular weight excluding hydrogens is 475 g/mol. The van der Waals surface area contributed by atoms with Crippen LogP contribution in [0.3, 0.4) is 0 Å². The van der Waals surface area contributed by atoms with E-state index in [1.165, 1.54) is 16.6 Å². The molecule has 0 atom stereocenters. The molecule has 2 aromatic heterocycles. The van der Waals surface area contributed by atoms with E-state index in [0.29, 0.717) is 34.0 Å². The summed E-state index contributed by atoms with van der Waals surface area (Å²) in [6.45, 7) is 0. The van der Waals surface area contributed by atoms with E-state index in [4.69, 9.17) is 23.2 Å². The molecule has 0 amide bonds. The minimum absolute atomic E-state index is 0.0559. The lowest BCUT2D eigenvalue weighted by Crippen LogP contribution is -2.17. The molecule has 168 valence electrons. The first kappa shape index (κ1) is 21.9. The molecule has 0 saturated carbocycles. The van der Waals surface area contributed by atoms with Gasteiger partial charge in [0.25, 0.3) is 11.2 Å². The summed E-state index contributed by atoms with van der Waals surface area (Å²) in [5.41, 5.74) is 4.14. The molecule has 0 fully saturated rings. The van der Waals surface area contributed by atoms with Gasteiger partial charge in [-0.25, -0.2) is 0 Å². The van der Waals surface area contributed by atoms with Crippen LogP contribution in [0.25, 0.3) is 28.0 Å². The van der Waals surface area contributed by atoms with Crippen molar-refractivity contribution in [2.24, 2.45) is 0 Å². The third-order valence-corrected chi connectivity index (χ3v) is 6.12. The third kappa shape index (κ3) is 3.96. The number of benzene rings is 3. The number of nitrogens with one attached hydrogen (secondary N) is 1. The fourth-order valence-electron chi connectivity index (χ4n) is 3.88. The molecule has 0 aliphatic carbocycles. The number of aromatic amines is 1. The van der Waals surface area contributed by atoms with E-state index in [1.807, 2.05) is 42.5 Å². The Morgan fingerprint density at radius 3 is 2.21 bits per heavy atom. The van der Waals surface area contributed by atoms with Gasteiger partial charge < -0.3 is 4.98 Å². The average Bonchev–Trinajstić information content (AvgIpc) is 3.20. The zero-order valence-corrected chi connectivity index (χ0v) is 19.0. The van der Waals surface area contributed by atoms with Gasteiger partial charge in [-0.05, 0) is 35.4 Å². The second kappa shape index (κ2) is 8.78. The van der Waals surface area contributed by atoms with Gasteiger partial charge in [0.2, 0.25) is 0 Å². The predicted octanol–water partition coefficient (Wildman–Crippen LogP) is 6.16. The molecule has 0 spiro atoms. The highest BCUT2D eigenvalue weighted by atomic mass is 35.5. The molecule has 0 aliphatic rings. The largest absolute Gasteiger partial charge is 0.338 e. The lowest BCUT2D eigenvalue weighted by atomic mass is 10.0. The maximum absolute atomic E-state index is 13.2. The maximum Gasteiger partial charge on any atom is 0.293 e. The molecule has 1 N–H and O–H groups in total. The normalized spacial score (nSPS) is 11.1. The van der Waals surface area contributed by atoms with E-state index in [2.05, 4.69) is 10.1 Å². The van der Waals surface area contributed by atoms with Crippen LogP contribution in [0.1, 0.15) is 11.3 Å². The van der Waals surface area contributed by atoms with Crippen LogP contribution < -0.4 is 5.56 Å². The number of non-ortho nitro benzene ring substituents is 1. The smallest absolute Gasteiger partial charge is 0.293 e. The molecule has 2 heterocycles. The van der Waals surface area contributed by atoms with Crippen LogP contribution in [0.4, 0.5) is 5.69 Å². The Labute approximate surface area is 203 Å². The molecule has 7 nitrogen and oxygen atoms in total. The number of halogens is 2. The van der Waals surface area contributed by atoms with Gasteiger partial charge in [0.05, 0.1) is 16.3 Å². The van der Waals surface area contributed by atoms with Gasteiger partial charge in [-0.2, -0.15) is 9.61 Å². The fourth-order valence-corrected chi connectivity index (χ4v) is 4.24. The topological polar surface area (TPSA) is 93.3 Å². The summed E-state index contributed by atoms with van der Waals surface area (Å²) < 4.78 is 1.26. The number of nitro benzene ring substituents is 1. The number of hydrogen-bond donors (Lipinski definition) is 1. The van der Waals surface area contributed by atoms with E-state index in [-0.39, 0.29) is 10.7 Å². The molecular formula is C25H16Cl2N4O3. The zero-order valence-electron chi connectivity index (χ0n) is 17.5. The van der Waals surface area contributed by atoms with Crippen LogP contribution in [-0.4, -0.2) is 19.5 Å². The van der Waals surface area contributed by atoms with Crippen molar-refractivity contribution in [3.63, 3.8) is 0 Å². The Hall–Kier alpha value is -3.94. The number of fused-ring (bicyclic) bond motifs is 1. The fraction of sp³-hybridized carbons (Fsp3) is 0.0400. The van der Waals surface area contributed by atoms with Gasteiger partial charge in [0, 0.05) is 34.7 Å².